The molecule has 2 bridgehead atoms. The predicted octanol–water partition coefficient (Wildman–Crippen LogP) is 0.914. The monoisotopic (exact) mass is 796 g/mol. The average molecular weight is 797 g/mol. The minimum atomic E-state index is -1.59. The van der Waals surface area contributed by atoms with Crippen molar-refractivity contribution in [3.63, 3.8) is 0 Å². The molecule has 21 atom stereocenters. The zero-order valence-corrected chi connectivity index (χ0v) is 34.0. The van der Waals surface area contributed by atoms with Crippen LogP contribution in [0.3, 0.4) is 0 Å². The minimum absolute atomic E-state index is 0.109. The lowest BCUT2D eigenvalue weighted by molar-refractivity contribution is -0.329. The van der Waals surface area contributed by atoms with Crippen LogP contribution in [0.15, 0.2) is 23.8 Å². The van der Waals surface area contributed by atoms with E-state index in [4.69, 9.17) is 23.7 Å². The summed E-state index contributed by atoms with van der Waals surface area (Å²) in [7, 11) is 0. The summed E-state index contributed by atoms with van der Waals surface area (Å²) < 4.78 is 31.2. The first-order valence-corrected chi connectivity index (χ1v) is 20.8. The Balaban J connectivity index is 1.11. The van der Waals surface area contributed by atoms with Crippen LogP contribution in [0.4, 0.5) is 0 Å². The smallest absolute Gasteiger partial charge is 0.187 e. The van der Waals surface area contributed by atoms with Gasteiger partial charge in [0.05, 0.1) is 37.6 Å². The molecule has 7 aliphatic rings. The lowest BCUT2D eigenvalue weighted by Crippen LogP contribution is -2.66. The molecule has 14 nitrogen and oxygen atoms in total. The fourth-order valence-corrected chi connectivity index (χ4v) is 13.1. The van der Waals surface area contributed by atoms with E-state index < -0.39 is 104 Å². The van der Waals surface area contributed by atoms with Crippen LogP contribution in [-0.4, -0.2) is 151 Å². The third-order valence-electron chi connectivity index (χ3n) is 16.7. The Bertz CT molecular complexity index is 1480. The molecule has 0 radical (unpaired) electrons. The van der Waals surface area contributed by atoms with Crippen LogP contribution < -0.4 is 0 Å². The first-order valence-electron chi connectivity index (χ1n) is 20.8. The van der Waals surface area contributed by atoms with Crippen molar-refractivity contribution in [2.75, 3.05) is 19.8 Å². The molecule has 4 aliphatic carbocycles. The summed E-state index contributed by atoms with van der Waals surface area (Å²) >= 11 is 0. The van der Waals surface area contributed by atoms with Crippen LogP contribution in [0, 0.1) is 45.3 Å². The van der Waals surface area contributed by atoms with Gasteiger partial charge in [0.1, 0.15) is 54.9 Å². The Morgan fingerprint density at radius 1 is 0.786 bits per heavy atom. The maximum Gasteiger partial charge on any atom is 0.187 e. The van der Waals surface area contributed by atoms with Crippen molar-refractivity contribution in [1.29, 1.82) is 0 Å². The SMILES string of the molecule is CC(C)=C[C@H](O[C@@H]1O[C@H](CO)[C@@H](O)[C@@H](O)[C@H]1O)[C@@H](O)[C@@H](C)[C@H]1CC[C@@]2(C)[C@@H]3C=C[C@@]45OC[C@]3(CC[C@]12C)[C@@H]4CC[C@H](O[C@@H]1O[C@H](CO)[C@@H](O)[C@H](O)[C@H]1O)C5(C)C. The summed E-state index contributed by atoms with van der Waals surface area (Å²) in [6, 6.07) is 0. The second kappa shape index (κ2) is 15.1. The Morgan fingerprint density at radius 2 is 1.39 bits per heavy atom. The van der Waals surface area contributed by atoms with E-state index in [0.29, 0.717) is 13.0 Å². The van der Waals surface area contributed by atoms with Crippen molar-refractivity contribution in [2.24, 2.45) is 45.3 Å². The molecule has 3 saturated heterocycles. The topological polar surface area (TPSA) is 228 Å². The van der Waals surface area contributed by atoms with Gasteiger partial charge in [0.2, 0.25) is 0 Å². The Kier molecular flexibility index (Phi) is 11.6. The summed E-state index contributed by atoms with van der Waals surface area (Å²) in [6.45, 7) is 14.4. The molecule has 3 saturated carbocycles. The van der Waals surface area contributed by atoms with E-state index in [1.807, 2.05) is 13.8 Å². The van der Waals surface area contributed by atoms with E-state index in [1.54, 1.807) is 6.08 Å². The molecule has 56 heavy (non-hydrogen) atoms. The number of allylic oxidation sites excluding steroid dienone is 2. The first-order chi connectivity index (χ1) is 26.2. The minimum Gasteiger partial charge on any atom is -0.394 e. The Labute approximate surface area is 330 Å². The standard InChI is InChI=1S/C42H68O14/c1-20(2)16-23(53-36-34(50)32(48)30(46)24(17-43)54-36)29(45)21(3)22-10-12-40(7)26-11-13-42-27(41(26,19-52-42)15-14-39(22,40)6)8-9-28(38(42,4)5)56-37-35(51)33(49)31(47)25(18-44)55-37/h11,13,16,21-37,43-51H,8-10,12,14-15,17-19H2,1-7H3/t21-,22+,23-,24+,25+,26-,27-,28-,29-,30+,31+,32+,33-,34+,35+,36+,37-,39+,40-,41-,42+/m0/s1. The number of ether oxygens (including phenoxy) is 5. The van der Waals surface area contributed by atoms with Crippen molar-refractivity contribution < 1.29 is 69.6 Å². The quantitative estimate of drug-likeness (QED) is 0.140. The average Bonchev–Trinajstić information content (AvgIpc) is 3.56. The fourth-order valence-electron chi connectivity index (χ4n) is 13.1. The fraction of sp³-hybridized carbons (Fsp3) is 0.905. The molecule has 0 aromatic carbocycles. The van der Waals surface area contributed by atoms with E-state index in [2.05, 4.69) is 46.8 Å². The van der Waals surface area contributed by atoms with Crippen molar-refractivity contribution >= 4 is 0 Å². The second-order valence-electron chi connectivity index (χ2n) is 19.7. The molecule has 0 aromatic rings. The lowest BCUT2D eigenvalue weighted by Gasteiger charge is -2.65. The third kappa shape index (κ3) is 6.18. The van der Waals surface area contributed by atoms with E-state index in [9.17, 15) is 46.0 Å². The summed E-state index contributed by atoms with van der Waals surface area (Å²) in [6.07, 6.45) is -4.44. The van der Waals surface area contributed by atoms with Crippen molar-refractivity contribution in [1.82, 2.24) is 0 Å². The van der Waals surface area contributed by atoms with Gasteiger partial charge in [0.15, 0.2) is 12.6 Å². The van der Waals surface area contributed by atoms with E-state index in [-0.39, 0.29) is 39.9 Å². The van der Waals surface area contributed by atoms with Crippen LogP contribution in [-0.2, 0) is 23.7 Å². The molecule has 1 spiro atoms. The maximum atomic E-state index is 12.1. The van der Waals surface area contributed by atoms with Gasteiger partial charge in [-0.15, -0.1) is 0 Å². The lowest BCUT2D eigenvalue weighted by atomic mass is 9.38. The highest BCUT2D eigenvalue weighted by molar-refractivity contribution is 5.34. The van der Waals surface area contributed by atoms with Gasteiger partial charge >= 0.3 is 0 Å². The molecule has 320 valence electrons. The number of aliphatic hydroxyl groups is 9. The van der Waals surface area contributed by atoms with Gasteiger partial charge in [-0.2, -0.15) is 0 Å². The molecule has 6 fully saturated rings. The van der Waals surface area contributed by atoms with Gasteiger partial charge in [-0.25, -0.2) is 0 Å². The highest BCUT2D eigenvalue weighted by Crippen LogP contribution is 2.77. The summed E-state index contributed by atoms with van der Waals surface area (Å²) in [5.74, 6) is 0.350. The van der Waals surface area contributed by atoms with Gasteiger partial charge in [0, 0.05) is 16.7 Å². The number of rotatable bonds is 10. The maximum absolute atomic E-state index is 12.1. The highest BCUT2D eigenvalue weighted by atomic mass is 16.7. The second-order valence-corrected chi connectivity index (χ2v) is 19.7. The number of aliphatic hydroxyl groups excluding tert-OH is 9. The van der Waals surface area contributed by atoms with Gasteiger partial charge in [0.25, 0.3) is 0 Å². The van der Waals surface area contributed by atoms with Crippen LogP contribution in [0.25, 0.3) is 0 Å². The van der Waals surface area contributed by atoms with Crippen molar-refractivity contribution in [3.05, 3.63) is 23.8 Å². The third-order valence-corrected chi connectivity index (χ3v) is 16.7. The molecular formula is C42H68O14. The number of hydrogen-bond donors (Lipinski definition) is 9. The zero-order valence-electron chi connectivity index (χ0n) is 34.0. The molecule has 3 heterocycles. The molecule has 3 aliphatic heterocycles. The van der Waals surface area contributed by atoms with E-state index >= 15 is 0 Å². The normalized spacial score (nSPS) is 52.4. The molecule has 0 unspecified atom stereocenters. The zero-order chi connectivity index (χ0) is 40.9. The predicted molar refractivity (Wildman–Crippen MR) is 200 cm³/mol. The van der Waals surface area contributed by atoms with Crippen molar-refractivity contribution in [2.45, 2.75) is 172 Å². The van der Waals surface area contributed by atoms with Crippen LogP contribution in [0.5, 0.6) is 0 Å². The Morgan fingerprint density at radius 3 is 2.00 bits per heavy atom. The number of hydrogen-bond acceptors (Lipinski definition) is 14. The van der Waals surface area contributed by atoms with Gasteiger partial charge in [-0.3, -0.25) is 0 Å². The molecule has 9 N–H and O–H groups in total. The largest absolute Gasteiger partial charge is 0.394 e. The molecule has 0 amide bonds. The van der Waals surface area contributed by atoms with Crippen LogP contribution >= 0.6 is 0 Å². The van der Waals surface area contributed by atoms with Crippen LogP contribution in [0.1, 0.15) is 87.0 Å². The van der Waals surface area contributed by atoms with Crippen molar-refractivity contribution in [3.8, 4) is 0 Å². The molecular weight excluding hydrogens is 728 g/mol. The summed E-state index contributed by atoms with van der Waals surface area (Å²) in [5.41, 5.74) is -0.667. The van der Waals surface area contributed by atoms with Crippen LogP contribution in [0.2, 0.25) is 0 Å². The molecule has 14 heteroatoms. The summed E-state index contributed by atoms with van der Waals surface area (Å²) in [5, 5.41) is 94.7. The number of fused-ring (bicyclic) bond motifs is 2. The molecule has 7 rings (SSSR count). The van der Waals surface area contributed by atoms with E-state index in [1.165, 1.54) is 0 Å². The van der Waals surface area contributed by atoms with Gasteiger partial charge in [-0.05, 0) is 81.0 Å². The highest BCUT2D eigenvalue weighted by Gasteiger charge is 2.76. The summed E-state index contributed by atoms with van der Waals surface area (Å²) in [4.78, 5) is 0. The molecule has 0 aromatic heterocycles. The Hall–Kier alpha value is -1.08. The first kappa shape index (κ1) is 43.0. The van der Waals surface area contributed by atoms with Gasteiger partial charge < -0.3 is 69.6 Å². The van der Waals surface area contributed by atoms with E-state index in [0.717, 1.165) is 37.7 Å². The van der Waals surface area contributed by atoms with Gasteiger partial charge in [-0.1, -0.05) is 58.4 Å².